The van der Waals surface area contributed by atoms with Crippen LogP contribution in [0.3, 0.4) is 0 Å². The molecular formula is C18H15BrFN3O4. The third kappa shape index (κ3) is 2.61. The second-order valence-electron chi connectivity index (χ2n) is 6.46. The Bertz CT molecular complexity index is 1100. The molecule has 2 aromatic rings. The maximum Gasteiger partial charge on any atom is 0.280 e. The fraction of sp³-hybridized carbons (Fsp3) is 0.278. The normalized spacial score (nSPS) is 18.8. The van der Waals surface area contributed by atoms with Crippen molar-refractivity contribution in [1.82, 2.24) is 9.36 Å². The largest absolute Gasteiger partial charge is 0.367 e. The van der Waals surface area contributed by atoms with Crippen LogP contribution in [-0.2, 0) is 16.6 Å². The first-order chi connectivity index (χ1) is 12.8. The van der Waals surface area contributed by atoms with Crippen LogP contribution in [0.4, 0.5) is 10.2 Å². The van der Waals surface area contributed by atoms with Crippen molar-refractivity contribution in [2.45, 2.75) is 12.8 Å². The number of ether oxygens (including phenoxy) is 1. The van der Waals surface area contributed by atoms with E-state index < -0.39 is 23.2 Å². The molecule has 1 aromatic heterocycles. The number of anilines is 1. The quantitative estimate of drug-likeness (QED) is 0.741. The number of hydrogen-bond donors (Lipinski definition) is 1. The molecule has 7 nitrogen and oxygen atoms in total. The van der Waals surface area contributed by atoms with Gasteiger partial charge in [0.25, 0.3) is 5.56 Å². The third-order valence-corrected chi connectivity index (χ3v) is 5.44. The van der Waals surface area contributed by atoms with Gasteiger partial charge in [-0.05, 0) is 33.6 Å². The fourth-order valence-electron chi connectivity index (χ4n) is 3.71. The van der Waals surface area contributed by atoms with Gasteiger partial charge in [-0.3, -0.25) is 19.1 Å². The topological polar surface area (TPSA) is 82.3 Å². The Kier molecular flexibility index (Phi) is 4.15. The summed E-state index contributed by atoms with van der Waals surface area (Å²) in [7, 11) is 1.59. The van der Waals surface area contributed by atoms with Crippen LogP contribution in [0.15, 0.2) is 38.7 Å². The Morgan fingerprint density at radius 1 is 1.33 bits per heavy atom. The number of ketones is 1. The first kappa shape index (κ1) is 17.9. The molecule has 9 heteroatoms. The van der Waals surface area contributed by atoms with E-state index in [0.717, 1.165) is 4.68 Å². The zero-order valence-electron chi connectivity index (χ0n) is 14.5. The highest BCUT2D eigenvalue weighted by Crippen LogP contribution is 2.42. The Balaban J connectivity index is 2.04. The third-order valence-electron chi connectivity index (χ3n) is 4.83. The van der Waals surface area contributed by atoms with Crippen LogP contribution in [0.2, 0.25) is 0 Å². The standard InChI is InChI=1S/C18H15BrFN3O4/c1-8(24)23-18(26)16-14(9-3-4-11(20)10(19)5-9)15-12(6-27-7-13(15)25)21-17(16)22(23)2/h3-5,14,21H,6-7H2,1-2H3. The van der Waals surface area contributed by atoms with Crippen molar-refractivity contribution in [2.75, 3.05) is 18.5 Å². The lowest BCUT2D eigenvalue weighted by molar-refractivity contribution is -0.121. The van der Waals surface area contributed by atoms with Crippen LogP contribution < -0.4 is 10.9 Å². The fourth-order valence-corrected chi connectivity index (χ4v) is 4.11. The first-order valence-corrected chi connectivity index (χ1v) is 8.99. The number of aromatic nitrogens is 2. The molecule has 27 heavy (non-hydrogen) atoms. The summed E-state index contributed by atoms with van der Waals surface area (Å²) >= 11 is 3.16. The summed E-state index contributed by atoms with van der Waals surface area (Å²) < 4.78 is 21.7. The van der Waals surface area contributed by atoms with E-state index in [9.17, 15) is 18.8 Å². The molecule has 0 amide bonds. The van der Waals surface area contributed by atoms with Crippen LogP contribution in [0.25, 0.3) is 0 Å². The second-order valence-corrected chi connectivity index (χ2v) is 7.32. The predicted molar refractivity (Wildman–Crippen MR) is 98.4 cm³/mol. The summed E-state index contributed by atoms with van der Waals surface area (Å²) in [6, 6.07) is 4.36. The molecular weight excluding hydrogens is 421 g/mol. The van der Waals surface area contributed by atoms with Gasteiger partial charge in [0.15, 0.2) is 5.78 Å². The number of carbonyl (C=O) groups excluding carboxylic acids is 2. The number of nitrogens with zero attached hydrogens (tertiary/aromatic N) is 2. The Morgan fingerprint density at radius 2 is 2.07 bits per heavy atom. The highest BCUT2D eigenvalue weighted by molar-refractivity contribution is 9.10. The molecule has 1 aromatic carbocycles. The number of hydrogen-bond acceptors (Lipinski definition) is 5. The average molecular weight is 436 g/mol. The Labute approximate surface area is 161 Å². The van der Waals surface area contributed by atoms with E-state index in [1.807, 2.05) is 0 Å². The van der Waals surface area contributed by atoms with E-state index >= 15 is 0 Å². The molecule has 3 heterocycles. The molecule has 1 atom stereocenters. The number of benzene rings is 1. The van der Waals surface area contributed by atoms with Crippen molar-refractivity contribution in [3.8, 4) is 0 Å². The molecule has 0 radical (unpaired) electrons. The van der Waals surface area contributed by atoms with Crippen molar-refractivity contribution in [3.05, 3.63) is 61.2 Å². The zero-order valence-corrected chi connectivity index (χ0v) is 16.1. The van der Waals surface area contributed by atoms with Gasteiger partial charge in [-0.25, -0.2) is 4.39 Å². The summed E-state index contributed by atoms with van der Waals surface area (Å²) in [5.74, 6) is -1.45. The lowest BCUT2D eigenvalue weighted by atomic mass is 9.80. The van der Waals surface area contributed by atoms with Gasteiger partial charge in [0.1, 0.15) is 18.2 Å². The highest BCUT2D eigenvalue weighted by Gasteiger charge is 2.40. The Morgan fingerprint density at radius 3 is 2.74 bits per heavy atom. The van der Waals surface area contributed by atoms with E-state index in [0.29, 0.717) is 22.7 Å². The van der Waals surface area contributed by atoms with Crippen molar-refractivity contribution in [1.29, 1.82) is 0 Å². The number of halogens is 2. The zero-order chi connectivity index (χ0) is 19.5. The van der Waals surface area contributed by atoms with Crippen LogP contribution in [0.1, 0.15) is 28.8 Å². The van der Waals surface area contributed by atoms with Gasteiger partial charge in [-0.15, -0.1) is 0 Å². The van der Waals surface area contributed by atoms with Crippen LogP contribution in [0.5, 0.6) is 0 Å². The minimum Gasteiger partial charge on any atom is -0.367 e. The number of nitrogens with one attached hydrogen (secondary N) is 1. The van der Waals surface area contributed by atoms with Crippen molar-refractivity contribution in [3.63, 3.8) is 0 Å². The molecule has 1 unspecified atom stereocenters. The molecule has 4 rings (SSSR count). The summed E-state index contributed by atoms with van der Waals surface area (Å²) in [4.78, 5) is 37.6. The van der Waals surface area contributed by atoms with Crippen molar-refractivity contribution < 1.29 is 18.7 Å². The summed E-state index contributed by atoms with van der Waals surface area (Å²) in [5, 5.41) is 3.08. The molecule has 0 aliphatic carbocycles. The maximum atomic E-state index is 13.8. The summed E-state index contributed by atoms with van der Waals surface area (Å²) in [5.41, 5.74) is 1.29. The second kappa shape index (κ2) is 6.28. The van der Waals surface area contributed by atoms with Crippen molar-refractivity contribution >= 4 is 33.4 Å². The van der Waals surface area contributed by atoms with Crippen LogP contribution in [0, 0.1) is 5.82 Å². The molecule has 2 aliphatic heterocycles. The number of Topliss-reactive ketones (excluding diaryl/α,β-unsaturated/α-hetero) is 1. The van der Waals surface area contributed by atoms with E-state index in [2.05, 4.69) is 21.2 Å². The van der Waals surface area contributed by atoms with Crippen LogP contribution in [-0.4, -0.2) is 34.3 Å². The first-order valence-electron chi connectivity index (χ1n) is 8.20. The van der Waals surface area contributed by atoms with Gasteiger partial charge in [-0.1, -0.05) is 6.07 Å². The summed E-state index contributed by atoms with van der Waals surface area (Å²) in [6.45, 7) is 1.37. The number of carbonyl (C=O) groups is 2. The number of rotatable bonds is 1. The van der Waals surface area contributed by atoms with E-state index in [4.69, 9.17) is 4.74 Å². The molecule has 0 spiro atoms. The molecule has 2 aliphatic rings. The monoisotopic (exact) mass is 435 g/mol. The molecule has 1 N–H and O–H groups in total. The van der Waals surface area contributed by atoms with E-state index in [1.54, 1.807) is 13.1 Å². The molecule has 140 valence electrons. The van der Waals surface area contributed by atoms with Crippen LogP contribution >= 0.6 is 15.9 Å². The molecule has 0 fully saturated rings. The number of fused-ring (bicyclic) bond motifs is 1. The van der Waals surface area contributed by atoms with Crippen molar-refractivity contribution in [2.24, 2.45) is 7.05 Å². The van der Waals surface area contributed by atoms with Gasteiger partial charge in [0.2, 0.25) is 5.91 Å². The molecule has 0 bridgehead atoms. The van der Waals surface area contributed by atoms with Gasteiger partial charge in [-0.2, -0.15) is 4.68 Å². The predicted octanol–water partition coefficient (Wildman–Crippen LogP) is 2.16. The van der Waals surface area contributed by atoms with Gasteiger partial charge < -0.3 is 10.1 Å². The summed E-state index contributed by atoms with van der Waals surface area (Å²) in [6.07, 6.45) is 0. The Hall–Kier alpha value is -2.52. The van der Waals surface area contributed by atoms with E-state index in [1.165, 1.54) is 23.7 Å². The molecule has 0 saturated heterocycles. The molecule has 0 saturated carbocycles. The maximum absolute atomic E-state index is 13.8. The lowest BCUT2D eigenvalue weighted by Gasteiger charge is -2.31. The highest BCUT2D eigenvalue weighted by atomic mass is 79.9. The minimum absolute atomic E-state index is 0.0948. The van der Waals surface area contributed by atoms with E-state index in [-0.39, 0.29) is 29.0 Å². The van der Waals surface area contributed by atoms with Gasteiger partial charge in [0.05, 0.1) is 22.3 Å². The minimum atomic E-state index is -0.719. The van der Waals surface area contributed by atoms with Gasteiger partial charge in [0, 0.05) is 25.5 Å². The average Bonchev–Trinajstić information content (AvgIpc) is 2.87. The smallest absolute Gasteiger partial charge is 0.280 e. The lowest BCUT2D eigenvalue weighted by Crippen LogP contribution is -2.34. The SMILES string of the molecule is CC(=O)n1c(=O)c2c(n1C)NC1=C(C(=O)COC1)C2c1ccc(F)c(Br)c1. The van der Waals surface area contributed by atoms with Gasteiger partial charge >= 0.3 is 0 Å².